The molecule has 0 fully saturated rings. The predicted molar refractivity (Wildman–Crippen MR) is 74.9 cm³/mol. The number of thiophene rings is 1. The molecule has 0 saturated heterocycles. The second-order valence-electron chi connectivity index (χ2n) is 4.63. The lowest BCUT2D eigenvalue weighted by Crippen LogP contribution is -2.31. The van der Waals surface area contributed by atoms with Gasteiger partial charge in [0.2, 0.25) is 11.7 Å². The fraction of sp³-hybridized carbons (Fsp3) is 0.538. The largest absolute Gasteiger partial charge is 0.396 e. The van der Waals surface area contributed by atoms with Crippen molar-refractivity contribution >= 4 is 11.3 Å². The van der Waals surface area contributed by atoms with Crippen molar-refractivity contribution in [3.63, 3.8) is 0 Å². The van der Waals surface area contributed by atoms with E-state index in [1.165, 1.54) is 0 Å². The van der Waals surface area contributed by atoms with Crippen molar-refractivity contribution in [1.82, 2.24) is 15.0 Å². The Balaban J connectivity index is 2.01. The lowest BCUT2D eigenvalue weighted by Gasteiger charge is -2.24. The summed E-state index contributed by atoms with van der Waals surface area (Å²) in [4.78, 5) is 7.64. The SMILES string of the molecule is CC(C)N(CCCO)Cc1nc(-c2cccs2)no1. The molecule has 0 aliphatic carbocycles. The predicted octanol–water partition coefficient (Wildman–Crippen LogP) is 2.39. The summed E-state index contributed by atoms with van der Waals surface area (Å²) in [6, 6.07) is 4.33. The van der Waals surface area contributed by atoms with Crippen LogP contribution in [0.3, 0.4) is 0 Å². The third-order valence-electron chi connectivity index (χ3n) is 2.88. The van der Waals surface area contributed by atoms with Gasteiger partial charge in [0.15, 0.2) is 0 Å². The number of hydrogen-bond donors (Lipinski definition) is 1. The van der Waals surface area contributed by atoms with E-state index in [0.717, 1.165) is 17.8 Å². The number of aliphatic hydroxyl groups is 1. The molecule has 5 nitrogen and oxygen atoms in total. The maximum absolute atomic E-state index is 8.92. The van der Waals surface area contributed by atoms with Crippen LogP contribution in [-0.4, -0.2) is 39.3 Å². The number of hydrogen-bond acceptors (Lipinski definition) is 6. The van der Waals surface area contributed by atoms with Crippen molar-refractivity contribution in [2.24, 2.45) is 0 Å². The van der Waals surface area contributed by atoms with Crippen LogP contribution in [0.25, 0.3) is 10.7 Å². The summed E-state index contributed by atoms with van der Waals surface area (Å²) in [5.41, 5.74) is 0. The Bertz CT molecular complexity index is 482. The second kappa shape index (κ2) is 6.79. The van der Waals surface area contributed by atoms with Crippen LogP contribution in [0.4, 0.5) is 0 Å². The van der Waals surface area contributed by atoms with Gasteiger partial charge < -0.3 is 9.63 Å². The van der Waals surface area contributed by atoms with Gasteiger partial charge in [0.1, 0.15) is 0 Å². The van der Waals surface area contributed by atoms with Crippen molar-refractivity contribution in [3.05, 3.63) is 23.4 Å². The van der Waals surface area contributed by atoms with Crippen LogP contribution in [-0.2, 0) is 6.54 Å². The molecule has 2 heterocycles. The third kappa shape index (κ3) is 3.86. The van der Waals surface area contributed by atoms with Gasteiger partial charge in [-0.25, -0.2) is 0 Å². The molecule has 0 radical (unpaired) electrons. The molecular weight excluding hydrogens is 262 g/mol. The topological polar surface area (TPSA) is 62.4 Å². The van der Waals surface area contributed by atoms with E-state index in [1.54, 1.807) is 11.3 Å². The van der Waals surface area contributed by atoms with Gasteiger partial charge in [0, 0.05) is 19.2 Å². The minimum atomic E-state index is 0.202. The quantitative estimate of drug-likeness (QED) is 0.844. The lowest BCUT2D eigenvalue weighted by atomic mass is 10.3. The number of nitrogens with zero attached hydrogens (tertiary/aromatic N) is 3. The Labute approximate surface area is 116 Å². The van der Waals surface area contributed by atoms with Gasteiger partial charge in [-0.05, 0) is 31.7 Å². The normalized spacial score (nSPS) is 11.6. The molecule has 0 spiro atoms. The van der Waals surface area contributed by atoms with E-state index in [-0.39, 0.29) is 6.61 Å². The summed E-state index contributed by atoms with van der Waals surface area (Å²) in [7, 11) is 0. The number of aliphatic hydroxyl groups excluding tert-OH is 1. The molecule has 0 aliphatic rings. The first-order chi connectivity index (χ1) is 9.20. The monoisotopic (exact) mass is 281 g/mol. The zero-order valence-electron chi connectivity index (χ0n) is 11.2. The Morgan fingerprint density at radius 2 is 2.32 bits per heavy atom. The average Bonchev–Trinajstić information content (AvgIpc) is 3.04. The molecule has 19 heavy (non-hydrogen) atoms. The zero-order chi connectivity index (χ0) is 13.7. The van der Waals surface area contributed by atoms with Gasteiger partial charge in [-0.15, -0.1) is 11.3 Å². The molecule has 0 aliphatic heterocycles. The Morgan fingerprint density at radius 1 is 1.47 bits per heavy atom. The van der Waals surface area contributed by atoms with Crippen molar-refractivity contribution in [2.75, 3.05) is 13.2 Å². The van der Waals surface area contributed by atoms with E-state index in [1.807, 2.05) is 17.5 Å². The van der Waals surface area contributed by atoms with E-state index < -0.39 is 0 Å². The van der Waals surface area contributed by atoms with E-state index in [2.05, 4.69) is 28.9 Å². The zero-order valence-corrected chi connectivity index (χ0v) is 12.1. The molecule has 0 bridgehead atoms. The highest BCUT2D eigenvalue weighted by Gasteiger charge is 2.15. The Morgan fingerprint density at radius 3 is 2.95 bits per heavy atom. The molecule has 0 unspecified atom stereocenters. The van der Waals surface area contributed by atoms with Gasteiger partial charge in [-0.2, -0.15) is 4.98 Å². The summed E-state index contributed by atoms with van der Waals surface area (Å²) in [5.74, 6) is 1.27. The molecule has 2 aromatic heterocycles. The molecule has 104 valence electrons. The summed E-state index contributed by atoms with van der Waals surface area (Å²) >= 11 is 1.60. The number of aromatic nitrogens is 2. The van der Waals surface area contributed by atoms with Crippen molar-refractivity contribution in [1.29, 1.82) is 0 Å². The summed E-state index contributed by atoms with van der Waals surface area (Å²) in [6.45, 7) is 5.89. The highest BCUT2D eigenvalue weighted by atomic mass is 32.1. The molecular formula is C13H19N3O2S. The molecule has 0 atom stereocenters. The molecule has 2 aromatic rings. The van der Waals surface area contributed by atoms with Gasteiger partial charge in [0.25, 0.3) is 0 Å². The van der Waals surface area contributed by atoms with Crippen LogP contribution < -0.4 is 0 Å². The van der Waals surface area contributed by atoms with Crippen molar-refractivity contribution in [3.8, 4) is 10.7 Å². The van der Waals surface area contributed by atoms with Gasteiger partial charge in [-0.3, -0.25) is 4.90 Å². The number of rotatable bonds is 7. The second-order valence-corrected chi connectivity index (χ2v) is 5.58. The molecule has 6 heteroatoms. The molecule has 2 rings (SSSR count). The van der Waals surface area contributed by atoms with E-state index in [9.17, 15) is 0 Å². The van der Waals surface area contributed by atoms with Crippen LogP contribution in [0, 0.1) is 0 Å². The Hall–Kier alpha value is -1.24. The molecule has 1 N–H and O–H groups in total. The first kappa shape index (κ1) is 14.2. The smallest absolute Gasteiger partial charge is 0.241 e. The van der Waals surface area contributed by atoms with Crippen LogP contribution in [0.1, 0.15) is 26.2 Å². The molecule has 0 aromatic carbocycles. The van der Waals surface area contributed by atoms with Crippen LogP contribution in [0.5, 0.6) is 0 Å². The van der Waals surface area contributed by atoms with E-state index >= 15 is 0 Å². The van der Waals surface area contributed by atoms with Gasteiger partial charge in [0.05, 0.1) is 11.4 Å². The minimum Gasteiger partial charge on any atom is -0.396 e. The highest BCUT2D eigenvalue weighted by Crippen LogP contribution is 2.21. The van der Waals surface area contributed by atoms with Crippen LogP contribution in [0.2, 0.25) is 0 Å². The van der Waals surface area contributed by atoms with Gasteiger partial charge in [-0.1, -0.05) is 11.2 Å². The third-order valence-corrected chi connectivity index (χ3v) is 3.75. The lowest BCUT2D eigenvalue weighted by molar-refractivity contribution is 0.165. The summed E-state index contributed by atoms with van der Waals surface area (Å²) < 4.78 is 5.29. The molecule has 0 amide bonds. The fourth-order valence-corrected chi connectivity index (χ4v) is 2.44. The first-order valence-electron chi connectivity index (χ1n) is 6.42. The summed E-state index contributed by atoms with van der Waals surface area (Å²) in [6.07, 6.45) is 0.754. The maximum atomic E-state index is 8.92. The standard InChI is InChI=1S/C13H19N3O2S/c1-10(2)16(6-4-7-17)9-12-14-13(15-18-12)11-5-3-8-19-11/h3,5,8,10,17H,4,6-7,9H2,1-2H3. The average molecular weight is 281 g/mol. The minimum absolute atomic E-state index is 0.202. The van der Waals surface area contributed by atoms with Crippen molar-refractivity contribution in [2.45, 2.75) is 32.9 Å². The van der Waals surface area contributed by atoms with E-state index in [0.29, 0.717) is 24.3 Å². The summed E-state index contributed by atoms with van der Waals surface area (Å²) in [5, 5.41) is 14.9. The van der Waals surface area contributed by atoms with Crippen LogP contribution in [0.15, 0.2) is 22.0 Å². The van der Waals surface area contributed by atoms with Crippen molar-refractivity contribution < 1.29 is 9.63 Å². The maximum Gasteiger partial charge on any atom is 0.241 e. The van der Waals surface area contributed by atoms with E-state index in [4.69, 9.17) is 9.63 Å². The van der Waals surface area contributed by atoms with Crippen LogP contribution >= 0.6 is 11.3 Å². The van der Waals surface area contributed by atoms with Gasteiger partial charge >= 0.3 is 0 Å². The molecule has 0 saturated carbocycles. The Kier molecular flexibility index (Phi) is 5.07. The fourth-order valence-electron chi connectivity index (χ4n) is 1.79. The highest BCUT2D eigenvalue weighted by molar-refractivity contribution is 7.13. The first-order valence-corrected chi connectivity index (χ1v) is 7.30.